The summed E-state index contributed by atoms with van der Waals surface area (Å²) in [6.07, 6.45) is 3.82. The third kappa shape index (κ3) is 3.92. The Hall–Kier alpha value is -0.620. The van der Waals surface area contributed by atoms with Crippen molar-refractivity contribution < 1.29 is 18.3 Å². The fourth-order valence-electron chi connectivity index (χ4n) is 2.70. The molecule has 19 heavy (non-hydrogen) atoms. The predicted molar refractivity (Wildman–Crippen MR) is 74.5 cm³/mol. The van der Waals surface area contributed by atoms with Crippen molar-refractivity contribution in [3.8, 4) is 0 Å². The van der Waals surface area contributed by atoms with Crippen molar-refractivity contribution in [2.45, 2.75) is 52.4 Å². The summed E-state index contributed by atoms with van der Waals surface area (Å²) in [5, 5.41) is 9.38. The Kier molecular flexibility index (Phi) is 5.80. The van der Waals surface area contributed by atoms with E-state index in [-0.39, 0.29) is 5.75 Å². The van der Waals surface area contributed by atoms with Gasteiger partial charge in [-0.25, -0.2) is 12.7 Å². The van der Waals surface area contributed by atoms with Crippen LogP contribution in [0.4, 0.5) is 0 Å². The van der Waals surface area contributed by atoms with Gasteiger partial charge >= 0.3 is 5.97 Å². The maximum Gasteiger partial charge on any atom is 0.309 e. The summed E-state index contributed by atoms with van der Waals surface area (Å²) in [4.78, 5) is 11.4. The fraction of sp³-hybridized carbons (Fsp3) is 0.923. The second kappa shape index (κ2) is 6.70. The molecule has 0 aromatic carbocycles. The molecule has 1 heterocycles. The number of hydrogen-bond acceptors (Lipinski definition) is 3. The highest BCUT2D eigenvalue weighted by atomic mass is 32.2. The van der Waals surface area contributed by atoms with Crippen molar-refractivity contribution in [1.82, 2.24) is 4.31 Å². The lowest BCUT2D eigenvalue weighted by atomic mass is 9.75. The van der Waals surface area contributed by atoms with Gasteiger partial charge in [0.25, 0.3) is 0 Å². The monoisotopic (exact) mass is 291 g/mol. The number of nitrogens with zero attached hydrogens (tertiary/aromatic N) is 1. The van der Waals surface area contributed by atoms with Gasteiger partial charge in [-0.15, -0.1) is 0 Å². The molecule has 5 nitrogen and oxygen atoms in total. The molecule has 1 fully saturated rings. The zero-order valence-corrected chi connectivity index (χ0v) is 12.7. The second-order valence-corrected chi connectivity index (χ2v) is 7.49. The molecule has 1 saturated heterocycles. The van der Waals surface area contributed by atoms with Crippen molar-refractivity contribution >= 4 is 16.0 Å². The summed E-state index contributed by atoms with van der Waals surface area (Å²) >= 11 is 0. The van der Waals surface area contributed by atoms with Crippen LogP contribution in [0.15, 0.2) is 0 Å². The molecule has 0 aromatic rings. The largest absolute Gasteiger partial charge is 0.481 e. The fourth-order valence-corrected chi connectivity index (χ4v) is 4.35. The van der Waals surface area contributed by atoms with Crippen molar-refractivity contribution in [2.24, 2.45) is 5.41 Å². The van der Waals surface area contributed by atoms with Gasteiger partial charge in [-0.05, 0) is 25.7 Å². The summed E-state index contributed by atoms with van der Waals surface area (Å²) in [6.45, 7) is 4.62. The van der Waals surface area contributed by atoms with Gasteiger partial charge < -0.3 is 5.11 Å². The van der Waals surface area contributed by atoms with Gasteiger partial charge in [0.05, 0.1) is 11.2 Å². The second-order valence-electron chi connectivity index (χ2n) is 5.40. The Balaban J connectivity index is 2.68. The number of hydrogen-bond donors (Lipinski definition) is 1. The van der Waals surface area contributed by atoms with Gasteiger partial charge in [0.15, 0.2) is 0 Å². The molecule has 1 rings (SSSR count). The standard InChI is InChI=1S/C13H25NO4S/c1-3-5-11-19(17,18)14-9-7-13(6-4-2,8-10-14)12(15)16/h3-11H2,1-2H3,(H,15,16). The van der Waals surface area contributed by atoms with Gasteiger partial charge in [-0.2, -0.15) is 0 Å². The van der Waals surface area contributed by atoms with Gasteiger partial charge in [0.1, 0.15) is 0 Å². The summed E-state index contributed by atoms with van der Waals surface area (Å²) in [6, 6.07) is 0. The van der Waals surface area contributed by atoms with E-state index in [4.69, 9.17) is 0 Å². The van der Waals surface area contributed by atoms with Crippen molar-refractivity contribution in [3.63, 3.8) is 0 Å². The van der Waals surface area contributed by atoms with Crippen LogP contribution in [0.5, 0.6) is 0 Å². The molecule has 0 aromatic heterocycles. The summed E-state index contributed by atoms with van der Waals surface area (Å²) < 4.78 is 25.6. The molecule has 0 amide bonds. The number of carboxylic acids is 1. The number of carbonyl (C=O) groups is 1. The molecule has 0 saturated carbocycles. The quantitative estimate of drug-likeness (QED) is 0.779. The molecule has 0 atom stereocenters. The van der Waals surface area contributed by atoms with Gasteiger partial charge in [0.2, 0.25) is 10.0 Å². The topological polar surface area (TPSA) is 74.7 Å². The number of sulfonamides is 1. The first-order valence-electron chi connectivity index (χ1n) is 7.09. The summed E-state index contributed by atoms with van der Waals surface area (Å²) in [5.74, 6) is -0.600. The normalized spacial score (nSPS) is 20.3. The van der Waals surface area contributed by atoms with E-state index in [2.05, 4.69) is 0 Å². The smallest absolute Gasteiger partial charge is 0.309 e. The molecule has 0 aliphatic carbocycles. The third-order valence-corrected chi connectivity index (χ3v) is 5.97. The Morgan fingerprint density at radius 3 is 2.21 bits per heavy atom. The van der Waals surface area contributed by atoms with Crippen LogP contribution in [0.1, 0.15) is 52.4 Å². The van der Waals surface area contributed by atoms with E-state index >= 15 is 0 Å². The maximum atomic E-state index is 12.1. The SMILES string of the molecule is CCCCS(=O)(=O)N1CCC(CCC)(C(=O)O)CC1. The first kappa shape index (κ1) is 16.4. The molecule has 1 aliphatic heterocycles. The minimum absolute atomic E-state index is 0.178. The van der Waals surface area contributed by atoms with Crippen LogP contribution in [0, 0.1) is 5.41 Å². The van der Waals surface area contributed by atoms with E-state index in [0.29, 0.717) is 38.8 Å². The van der Waals surface area contributed by atoms with Crippen molar-refractivity contribution in [2.75, 3.05) is 18.8 Å². The van der Waals surface area contributed by atoms with Crippen LogP contribution in [0.3, 0.4) is 0 Å². The number of aliphatic carboxylic acids is 1. The lowest BCUT2D eigenvalue weighted by molar-refractivity contribution is -0.152. The van der Waals surface area contributed by atoms with E-state index in [9.17, 15) is 18.3 Å². The van der Waals surface area contributed by atoms with Crippen LogP contribution in [-0.2, 0) is 14.8 Å². The van der Waals surface area contributed by atoms with Crippen molar-refractivity contribution in [1.29, 1.82) is 0 Å². The highest BCUT2D eigenvalue weighted by Gasteiger charge is 2.42. The summed E-state index contributed by atoms with van der Waals surface area (Å²) in [7, 11) is -3.20. The molecular weight excluding hydrogens is 266 g/mol. The number of rotatable bonds is 7. The van der Waals surface area contributed by atoms with E-state index in [1.165, 1.54) is 4.31 Å². The minimum Gasteiger partial charge on any atom is -0.481 e. The van der Waals surface area contributed by atoms with Gasteiger partial charge in [-0.1, -0.05) is 26.7 Å². The van der Waals surface area contributed by atoms with Crippen LogP contribution in [0.2, 0.25) is 0 Å². The molecule has 112 valence electrons. The number of unbranched alkanes of at least 4 members (excludes halogenated alkanes) is 1. The molecule has 0 radical (unpaired) electrons. The lowest BCUT2D eigenvalue weighted by Crippen LogP contribution is -2.47. The molecular formula is C13H25NO4S. The first-order valence-corrected chi connectivity index (χ1v) is 8.70. The highest BCUT2D eigenvalue weighted by Crippen LogP contribution is 2.37. The Labute approximate surface area is 116 Å². The molecule has 6 heteroatoms. The number of carboxylic acid groups (broad SMARTS) is 1. The molecule has 1 N–H and O–H groups in total. The minimum atomic E-state index is -3.20. The zero-order chi connectivity index (χ0) is 14.5. The van der Waals surface area contributed by atoms with Gasteiger partial charge in [-0.3, -0.25) is 4.79 Å². The Morgan fingerprint density at radius 1 is 1.21 bits per heavy atom. The van der Waals surface area contributed by atoms with E-state index in [1.54, 1.807) is 0 Å². The average Bonchev–Trinajstić information content (AvgIpc) is 2.37. The van der Waals surface area contributed by atoms with Gasteiger partial charge in [0, 0.05) is 13.1 Å². The van der Waals surface area contributed by atoms with E-state index < -0.39 is 21.4 Å². The first-order chi connectivity index (χ1) is 8.88. The average molecular weight is 291 g/mol. The molecule has 1 aliphatic rings. The Bertz CT molecular complexity index is 397. The Morgan fingerprint density at radius 2 is 1.79 bits per heavy atom. The van der Waals surface area contributed by atoms with Crippen LogP contribution < -0.4 is 0 Å². The van der Waals surface area contributed by atoms with E-state index in [1.807, 2.05) is 13.8 Å². The molecule has 0 bridgehead atoms. The van der Waals surface area contributed by atoms with Crippen molar-refractivity contribution in [3.05, 3.63) is 0 Å². The van der Waals surface area contributed by atoms with E-state index in [0.717, 1.165) is 12.8 Å². The van der Waals surface area contributed by atoms with Crippen LogP contribution >= 0.6 is 0 Å². The maximum absolute atomic E-state index is 12.1. The van der Waals surface area contributed by atoms with Crippen LogP contribution in [-0.4, -0.2) is 42.6 Å². The predicted octanol–water partition coefficient (Wildman–Crippen LogP) is 2.08. The summed E-state index contributed by atoms with van der Waals surface area (Å²) in [5.41, 5.74) is -0.717. The third-order valence-electron chi connectivity index (χ3n) is 4.01. The zero-order valence-electron chi connectivity index (χ0n) is 11.9. The van der Waals surface area contributed by atoms with Crippen LogP contribution in [0.25, 0.3) is 0 Å². The molecule has 0 unspecified atom stereocenters. The highest BCUT2D eigenvalue weighted by molar-refractivity contribution is 7.89. The lowest BCUT2D eigenvalue weighted by Gasteiger charge is -2.38. The molecule has 0 spiro atoms. The number of piperidine rings is 1.